The van der Waals surface area contributed by atoms with Crippen LogP contribution in [0.1, 0.15) is 24.6 Å². The van der Waals surface area contributed by atoms with Gasteiger partial charge in [0, 0.05) is 24.7 Å². The number of phenols is 1. The standard InChI is InChI=1S/C24H34N6O7S/c1-13(31)20(23(35)28-18(24(36)37)7-8-38-2)30-22(34)19(9-14-3-5-16(32)6-4-14)29-21(33)17(25)10-15-11-26-12-27-15/h3-6,11-13,17-20,31-32H,7-10,25H2,1-2H3,(H,26,27)(H,28,35)(H,29,33)(H,30,34)(H,36,37). The molecule has 14 heteroatoms. The third kappa shape index (κ3) is 9.68. The lowest BCUT2D eigenvalue weighted by atomic mass is 10.0. The molecule has 5 atom stereocenters. The lowest BCUT2D eigenvalue weighted by molar-refractivity contribution is -0.143. The Hall–Kier alpha value is -3.62. The van der Waals surface area contributed by atoms with Gasteiger partial charge in [0.2, 0.25) is 17.7 Å². The fraction of sp³-hybridized carbons (Fsp3) is 0.458. The van der Waals surface area contributed by atoms with Gasteiger partial charge in [-0.15, -0.1) is 0 Å². The first-order chi connectivity index (χ1) is 18.0. The fourth-order valence-electron chi connectivity index (χ4n) is 3.50. The summed E-state index contributed by atoms with van der Waals surface area (Å²) in [6.07, 6.45) is 3.64. The number of carboxylic acid groups (broad SMARTS) is 1. The Labute approximate surface area is 224 Å². The van der Waals surface area contributed by atoms with Gasteiger partial charge in [0.05, 0.1) is 18.5 Å². The van der Waals surface area contributed by atoms with Crippen LogP contribution in [-0.4, -0.2) is 91.3 Å². The largest absolute Gasteiger partial charge is 0.508 e. The minimum absolute atomic E-state index is 0.0145. The van der Waals surface area contributed by atoms with Gasteiger partial charge in [-0.1, -0.05) is 12.1 Å². The number of nitrogens with zero attached hydrogens (tertiary/aromatic N) is 1. The lowest BCUT2D eigenvalue weighted by Gasteiger charge is -2.26. The molecule has 38 heavy (non-hydrogen) atoms. The number of rotatable bonds is 15. The fourth-order valence-corrected chi connectivity index (χ4v) is 3.97. The Morgan fingerprint density at radius 3 is 2.24 bits per heavy atom. The number of imidazole rings is 1. The molecule has 2 aromatic rings. The third-order valence-electron chi connectivity index (χ3n) is 5.63. The summed E-state index contributed by atoms with van der Waals surface area (Å²) in [6, 6.07) is 1.04. The number of H-pyrrole nitrogens is 1. The molecule has 0 saturated heterocycles. The smallest absolute Gasteiger partial charge is 0.326 e. The molecule has 0 radical (unpaired) electrons. The van der Waals surface area contributed by atoms with Crippen molar-refractivity contribution in [3.63, 3.8) is 0 Å². The number of hydrogen-bond acceptors (Lipinski definition) is 9. The maximum absolute atomic E-state index is 13.3. The van der Waals surface area contributed by atoms with E-state index in [-0.39, 0.29) is 25.0 Å². The van der Waals surface area contributed by atoms with Gasteiger partial charge in [-0.3, -0.25) is 14.4 Å². The number of carboxylic acids is 1. The number of aliphatic hydroxyl groups is 1. The molecule has 1 aromatic carbocycles. The normalized spacial score (nSPS) is 14.9. The van der Waals surface area contributed by atoms with E-state index in [1.54, 1.807) is 18.4 Å². The summed E-state index contributed by atoms with van der Waals surface area (Å²) >= 11 is 1.41. The van der Waals surface area contributed by atoms with Gasteiger partial charge in [0.1, 0.15) is 23.9 Å². The number of thioether (sulfide) groups is 1. The Kier molecular flexibility index (Phi) is 12.0. The number of aromatic amines is 1. The van der Waals surface area contributed by atoms with Crippen molar-refractivity contribution in [2.75, 3.05) is 12.0 Å². The molecule has 208 valence electrons. The van der Waals surface area contributed by atoms with Crippen LogP contribution < -0.4 is 21.7 Å². The highest BCUT2D eigenvalue weighted by atomic mass is 32.2. The van der Waals surface area contributed by atoms with E-state index in [0.717, 1.165) is 0 Å². The topological polar surface area (TPSA) is 220 Å². The summed E-state index contributed by atoms with van der Waals surface area (Å²) in [5.41, 5.74) is 7.21. The molecule has 1 heterocycles. The number of benzene rings is 1. The predicted octanol–water partition coefficient (Wildman–Crippen LogP) is -1.10. The number of hydrogen-bond donors (Lipinski definition) is 8. The van der Waals surface area contributed by atoms with Crippen LogP contribution in [0.3, 0.4) is 0 Å². The van der Waals surface area contributed by atoms with E-state index in [0.29, 0.717) is 17.0 Å². The van der Waals surface area contributed by atoms with Crippen LogP contribution in [0, 0.1) is 0 Å². The van der Waals surface area contributed by atoms with Crippen molar-refractivity contribution >= 4 is 35.5 Å². The Morgan fingerprint density at radius 1 is 1.03 bits per heavy atom. The first-order valence-corrected chi connectivity index (χ1v) is 13.2. The molecular formula is C24H34N6O7S. The van der Waals surface area contributed by atoms with E-state index < -0.39 is 54.0 Å². The first-order valence-electron chi connectivity index (χ1n) is 11.8. The molecule has 0 fully saturated rings. The number of aliphatic carboxylic acids is 1. The number of aromatic nitrogens is 2. The van der Waals surface area contributed by atoms with E-state index in [2.05, 4.69) is 25.9 Å². The number of phenolic OH excluding ortho intramolecular Hbond substituents is 1. The minimum atomic E-state index is -1.49. The molecule has 0 saturated carbocycles. The molecule has 0 aliphatic carbocycles. The molecule has 3 amide bonds. The van der Waals surface area contributed by atoms with Crippen molar-refractivity contribution in [3.05, 3.63) is 48.0 Å². The van der Waals surface area contributed by atoms with Crippen LogP contribution in [0.4, 0.5) is 0 Å². The van der Waals surface area contributed by atoms with Gasteiger partial charge in [-0.2, -0.15) is 11.8 Å². The Bertz CT molecular complexity index is 1060. The molecule has 0 aliphatic rings. The van der Waals surface area contributed by atoms with Crippen LogP contribution in [0.2, 0.25) is 0 Å². The number of carbonyl (C=O) groups excluding carboxylic acids is 3. The lowest BCUT2D eigenvalue weighted by Crippen LogP contribution is -2.60. The summed E-state index contributed by atoms with van der Waals surface area (Å²) in [6.45, 7) is 1.27. The van der Waals surface area contributed by atoms with Crippen LogP contribution in [0.5, 0.6) is 5.75 Å². The average Bonchev–Trinajstić information content (AvgIpc) is 3.38. The number of nitrogens with one attached hydrogen (secondary N) is 4. The highest BCUT2D eigenvalue weighted by Gasteiger charge is 2.32. The van der Waals surface area contributed by atoms with Gasteiger partial charge in [-0.25, -0.2) is 9.78 Å². The van der Waals surface area contributed by atoms with E-state index in [4.69, 9.17) is 5.73 Å². The number of aromatic hydroxyl groups is 1. The monoisotopic (exact) mass is 550 g/mol. The van der Waals surface area contributed by atoms with Gasteiger partial charge < -0.3 is 42.0 Å². The predicted molar refractivity (Wildman–Crippen MR) is 140 cm³/mol. The molecule has 0 bridgehead atoms. The Morgan fingerprint density at radius 2 is 1.68 bits per heavy atom. The average molecular weight is 551 g/mol. The van der Waals surface area contributed by atoms with E-state index in [1.807, 2.05) is 0 Å². The van der Waals surface area contributed by atoms with Crippen LogP contribution in [-0.2, 0) is 32.0 Å². The SMILES string of the molecule is CSCCC(NC(=O)C(NC(=O)C(Cc1ccc(O)cc1)NC(=O)C(N)Cc1cnc[nH]1)C(C)O)C(=O)O. The first kappa shape index (κ1) is 30.6. The second kappa shape index (κ2) is 15.0. The molecule has 5 unspecified atom stereocenters. The van der Waals surface area contributed by atoms with Crippen molar-refractivity contribution in [2.24, 2.45) is 5.73 Å². The zero-order chi connectivity index (χ0) is 28.2. The maximum Gasteiger partial charge on any atom is 0.326 e. The molecule has 0 spiro atoms. The highest BCUT2D eigenvalue weighted by molar-refractivity contribution is 7.98. The van der Waals surface area contributed by atoms with E-state index in [1.165, 1.54) is 43.3 Å². The summed E-state index contributed by atoms with van der Waals surface area (Å²) in [5.74, 6) is -3.07. The van der Waals surface area contributed by atoms with Crippen LogP contribution >= 0.6 is 11.8 Å². The minimum Gasteiger partial charge on any atom is -0.508 e. The number of aliphatic hydroxyl groups excluding tert-OH is 1. The van der Waals surface area contributed by atoms with Gasteiger partial charge in [0.15, 0.2) is 0 Å². The molecular weight excluding hydrogens is 516 g/mol. The maximum atomic E-state index is 13.3. The number of nitrogens with two attached hydrogens (primary N) is 1. The van der Waals surface area contributed by atoms with Gasteiger partial charge >= 0.3 is 5.97 Å². The quantitative estimate of drug-likeness (QED) is 0.134. The second-order valence-electron chi connectivity index (χ2n) is 8.73. The number of carbonyl (C=O) groups is 4. The summed E-state index contributed by atoms with van der Waals surface area (Å²) in [5, 5.41) is 36.5. The highest BCUT2D eigenvalue weighted by Crippen LogP contribution is 2.12. The second-order valence-corrected chi connectivity index (χ2v) is 9.71. The zero-order valence-electron chi connectivity index (χ0n) is 21.1. The van der Waals surface area contributed by atoms with E-state index in [9.17, 15) is 34.5 Å². The molecule has 9 N–H and O–H groups in total. The zero-order valence-corrected chi connectivity index (χ0v) is 21.9. The summed E-state index contributed by atoms with van der Waals surface area (Å²) in [4.78, 5) is 57.1. The molecule has 2 rings (SSSR count). The van der Waals surface area contributed by atoms with Crippen LogP contribution in [0.15, 0.2) is 36.8 Å². The van der Waals surface area contributed by atoms with Gasteiger partial charge in [0.25, 0.3) is 0 Å². The van der Waals surface area contributed by atoms with Crippen molar-refractivity contribution in [3.8, 4) is 5.75 Å². The third-order valence-corrected chi connectivity index (χ3v) is 6.27. The molecule has 0 aliphatic heterocycles. The molecule has 13 nitrogen and oxygen atoms in total. The number of amides is 3. The van der Waals surface area contributed by atoms with Crippen molar-refractivity contribution < 1.29 is 34.5 Å². The van der Waals surface area contributed by atoms with Crippen molar-refractivity contribution in [1.29, 1.82) is 0 Å². The summed E-state index contributed by atoms with van der Waals surface area (Å²) in [7, 11) is 0. The molecule has 1 aromatic heterocycles. The Balaban J connectivity index is 2.19. The van der Waals surface area contributed by atoms with Crippen molar-refractivity contribution in [2.45, 2.75) is 56.5 Å². The van der Waals surface area contributed by atoms with Gasteiger partial charge in [-0.05, 0) is 43.0 Å². The summed E-state index contributed by atoms with van der Waals surface area (Å²) < 4.78 is 0. The van der Waals surface area contributed by atoms with Crippen molar-refractivity contribution in [1.82, 2.24) is 25.9 Å². The van der Waals surface area contributed by atoms with Crippen LogP contribution in [0.25, 0.3) is 0 Å². The van der Waals surface area contributed by atoms with E-state index >= 15 is 0 Å².